The number of aliphatic hydroxyl groups is 3. The molecule has 180 valence electrons. The first-order valence-electron chi connectivity index (χ1n) is 12.3. The van der Waals surface area contributed by atoms with Crippen LogP contribution in [0.2, 0.25) is 0 Å². The van der Waals surface area contributed by atoms with Gasteiger partial charge in [-0.3, -0.25) is 4.79 Å². The van der Waals surface area contributed by atoms with Crippen molar-refractivity contribution in [1.82, 2.24) is 0 Å². The molecule has 3 fully saturated rings. The summed E-state index contributed by atoms with van der Waals surface area (Å²) in [6, 6.07) is 0. The van der Waals surface area contributed by atoms with Crippen LogP contribution >= 0.6 is 0 Å². The van der Waals surface area contributed by atoms with Gasteiger partial charge < -0.3 is 20.4 Å². The number of carboxylic acids is 1. The van der Waals surface area contributed by atoms with Gasteiger partial charge in [0.1, 0.15) is 0 Å². The number of aliphatic hydroxyl groups excluding tert-OH is 3. The van der Waals surface area contributed by atoms with Crippen LogP contribution in [0.1, 0.15) is 79.1 Å². The Hall–Kier alpha value is -1.43. The average Bonchev–Trinajstić information content (AvgIpc) is 3.06. The third-order valence-electron chi connectivity index (χ3n) is 8.63. The third kappa shape index (κ3) is 5.21. The molecule has 3 aliphatic rings. The van der Waals surface area contributed by atoms with Crippen molar-refractivity contribution in [2.45, 2.75) is 97.4 Å². The molecule has 3 saturated carbocycles. The highest BCUT2D eigenvalue weighted by Crippen LogP contribution is 2.59. The van der Waals surface area contributed by atoms with Gasteiger partial charge in [0.15, 0.2) is 0 Å². The van der Waals surface area contributed by atoms with Gasteiger partial charge in [-0.05, 0) is 88.4 Å². The summed E-state index contributed by atoms with van der Waals surface area (Å²) < 4.78 is 0. The molecule has 0 heterocycles. The first-order valence-corrected chi connectivity index (χ1v) is 12.3. The molecule has 0 unspecified atom stereocenters. The summed E-state index contributed by atoms with van der Waals surface area (Å²) in [7, 11) is 0. The maximum atomic E-state index is 11.4. The fourth-order valence-corrected chi connectivity index (χ4v) is 6.46. The lowest BCUT2D eigenvalue weighted by Crippen LogP contribution is -2.37. The van der Waals surface area contributed by atoms with Crippen LogP contribution in [0.25, 0.3) is 0 Å². The maximum absolute atomic E-state index is 11.4. The molecule has 7 atom stereocenters. The van der Waals surface area contributed by atoms with E-state index < -0.39 is 29.7 Å². The van der Waals surface area contributed by atoms with Crippen molar-refractivity contribution >= 4 is 5.97 Å². The molecular weight excluding hydrogens is 404 g/mol. The van der Waals surface area contributed by atoms with Crippen LogP contribution in [0.5, 0.6) is 0 Å². The number of allylic oxidation sites excluding steroid dienone is 4. The topological polar surface area (TPSA) is 98.0 Å². The predicted octanol–water partition coefficient (Wildman–Crippen LogP) is 4.63. The molecule has 0 spiro atoms. The van der Waals surface area contributed by atoms with Gasteiger partial charge in [-0.15, -0.1) is 0 Å². The average molecular weight is 447 g/mol. The fourth-order valence-electron chi connectivity index (χ4n) is 6.46. The van der Waals surface area contributed by atoms with Crippen LogP contribution < -0.4 is 0 Å². The van der Waals surface area contributed by atoms with Crippen LogP contribution in [0.15, 0.2) is 35.5 Å². The number of aliphatic carboxylic acids is 1. The Kier molecular flexibility index (Phi) is 7.73. The molecule has 4 N–H and O–H groups in total. The summed E-state index contributed by atoms with van der Waals surface area (Å²) in [4.78, 5) is 11.4. The second-order valence-electron chi connectivity index (χ2n) is 11.3. The predicted molar refractivity (Wildman–Crippen MR) is 126 cm³/mol. The second-order valence-corrected chi connectivity index (χ2v) is 11.3. The third-order valence-corrected chi connectivity index (χ3v) is 8.63. The zero-order valence-electron chi connectivity index (χ0n) is 20.1. The van der Waals surface area contributed by atoms with Crippen LogP contribution in [0.3, 0.4) is 0 Å². The molecular formula is C27H42O5. The van der Waals surface area contributed by atoms with Crippen molar-refractivity contribution in [2.75, 3.05) is 0 Å². The van der Waals surface area contributed by atoms with Gasteiger partial charge in [-0.25, -0.2) is 0 Å². The van der Waals surface area contributed by atoms with Gasteiger partial charge in [0.05, 0.1) is 23.7 Å². The van der Waals surface area contributed by atoms with Crippen molar-refractivity contribution in [3.05, 3.63) is 35.5 Å². The van der Waals surface area contributed by atoms with E-state index in [4.69, 9.17) is 0 Å². The molecule has 0 radical (unpaired) electrons. The van der Waals surface area contributed by atoms with E-state index in [2.05, 4.69) is 26.0 Å². The largest absolute Gasteiger partial charge is 0.481 e. The van der Waals surface area contributed by atoms with Crippen molar-refractivity contribution in [1.29, 1.82) is 0 Å². The zero-order valence-corrected chi connectivity index (χ0v) is 20.1. The van der Waals surface area contributed by atoms with E-state index in [9.17, 15) is 25.2 Å². The zero-order chi connectivity index (χ0) is 23.7. The van der Waals surface area contributed by atoms with E-state index in [1.54, 1.807) is 19.9 Å². The van der Waals surface area contributed by atoms with Gasteiger partial charge in [-0.2, -0.15) is 0 Å². The molecule has 0 bridgehead atoms. The minimum Gasteiger partial charge on any atom is -0.481 e. The van der Waals surface area contributed by atoms with Crippen molar-refractivity contribution in [3.8, 4) is 0 Å². The number of fused-ring (bicyclic) bond motifs is 1. The Morgan fingerprint density at radius 2 is 1.78 bits per heavy atom. The van der Waals surface area contributed by atoms with Crippen molar-refractivity contribution in [3.63, 3.8) is 0 Å². The van der Waals surface area contributed by atoms with Gasteiger partial charge in [0, 0.05) is 0 Å². The number of carboxylic acid groups (broad SMARTS) is 1. The molecule has 0 aromatic heterocycles. The Morgan fingerprint density at radius 1 is 1.12 bits per heavy atom. The lowest BCUT2D eigenvalue weighted by molar-refractivity contribution is -0.151. The summed E-state index contributed by atoms with van der Waals surface area (Å²) >= 11 is 0. The molecule has 3 rings (SSSR count). The highest BCUT2D eigenvalue weighted by atomic mass is 16.4. The second kappa shape index (κ2) is 9.82. The van der Waals surface area contributed by atoms with Crippen LogP contribution in [-0.4, -0.2) is 44.7 Å². The quantitative estimate of drug-likeness (QED) is 0.446. The summed E-state index contributed by atoms with van der Waals surface area (Å²) in [6.45, 7) is 7.71. The van der Waals surface area contributed by atoms with E-state index in [0.717, 1.165) is 31.3 Å². The van der Waals surface area contributed by atoms with E-state index in [-0.39, 0.29) is 11.3 Å². The lowest BCUT2D eigenvalue weighted by Gasteiger charge is -2.44. The van der Waals surface area contributed by atoms with Gasteiger partial charge in [0.25, 0.3) is 0 Å². The summed E-state index contributed by atoms with van der Waals surface area (Å²) in [5, 5.41) is 39.7. The van der Waals surface area contributed by atoms with Gasteiger partial charge in [-0.1, -0.05) is 49.3 Å². The normalized spacial score (nSPS) is 36.8. The van der Waals surface area contributed by atoms with Crippen molar-refractivity contribution in [2.24, 2.45) is 28.6 Å². The van der Waals surface area contributed by atoms with E-state index in [0.29, 0.717) is 31.1 Å². The molecule has 0 aliphatic heterocycles. The minimum absolute atomic E-state index is 0.200. The fraction of sp³-hybridized carbons (Fsp3) is 0.741. The molecule has 0 saturated heterocycles. The SMILES string of the molecule is C[C@H](/C=C/[C@H](O)C(C)(C)C(=O)O)[C@H]1CC[C@H]2/C(=C/C=C3C[C@@H](O)C[C@H](O)C3)CCC[C@]12C. The number of rotatable bonds is 6. The van der Waals surface area contributed by atoms with Crippen molar-refractivity contribution < 1.29 is 25.2 Å². The highest BCUT2D eigenvalue weighted by molar-refractivity contribution is 5.74. The first kappa shape index (κ1) is 25.2. The Bertz CT molecular complexity index is 767. The van der Waals surface area contributed by atoms with E-state index in [1.165, 1.54) is 12.0 Å². The van der Waals surface area contributed by atoms with Gasteiger partial charge >= 0.3 is 5.97 Å². The van der Waals surface area contributed by atoms with Gasteiger partial charge in [0.2, 0.25) is 0 Å². The molecule has 0 amide bonds. The monoisotopic (exact) mass is 446 g/mol. The van der Waals surface area contributed by atoms with Crippen LogP contribution in [0, 0.1) is 28.6 Å². The van der Waals surface area contributed by atoms with Crippen LogP contribution in [0.4, 0.5) is 0 Å². The van der Waals surface area contributed by atoms with Crippen LogP contribution in [-0.2, 0) is 4.79 Å². The number of hydrogen-bond donors (Lipinski definition) is 4. The summed E-state index contributed by atoms with van der Waals surface area (Å²) in [6.07, 6.45) is 13.8. The lowest BCUT2D eigenvalue weighted by atomic mass is 9.61. The summed E-state index contributed by atoms with van der Waals surface area (Å²) in [5.74, 6) is 0.307. The van der Waals surface area contributed by atoms with E-state index >= 15 is 0 Å². The Morgan fingerprint density at radius 3 is 2.41 bits per heavy atom. The Labute approximate surface area is 192 Å². The highest BCUT2D eigenvalue weighted by Gasteiger charge is 2.50. The maximum Gasteiger partial charge on any atom is 0.312 e. The molecule has 0 aromatic carbocycles. The number of carbonyl (C=O) groups is 1. The summed E-state index contributed by atoms with van der Waals surface area (Å²) in [5.41, 5.74) is 1.63. The standard InChI is InChI=1S/C27H42O5/c1-17(7-12-24(30)26(2,3)25(31)32)22-10-11-23-19(6-5-13-27(22,23)4)9-8-18-14-20(28)16-21(29)15-18/h7-9,12,17,20-24,28-30H,5-6,10-11,13-16H2,1-4H3,(H,31,32)/b12-7+,19-9+/t17-,20-,21-,22-,23+,24+,27-/m1/s1. The first-order chi connectivity index (χ1) is 14.9. The van der Waals surface area contributed by atoms with E-state index in [1.807, 2.05) is 6.08 Å². The minimum atomic E-state index is -1.20. The number of hydrogen-bond acceptors (Lipinski definition) is 4. The molecule has 3 aliphatic carbocycles. The molecule has 5 heteroatoms. The molecule has 32 heavy (non-hydrogen) atoms. The smallest absolute Gasteiger partial charge is 0.312 e. The Balaban J connectivity index is 1.72. The molecule has 0 aromatic rings. The molecule has 5 nitrogen and oxygen atoms in total.